The smallest absolute Gasteiger partial charge is 0.330 e. The quantitative estimate of drug-likeness (QED) is 0.263. The topological polar surface area (TPSA) is 106 Å². The Balaban J connectivity index is 1.39. The number of H-pyrrole nitrogens is 1. The Morgan fingerprint density at radius 2 is 1.38 bits per heavy atom. The molecule has 1 saturated heterocycles. The molecule has 3 aromatic carbocycles. The Bertz CT molecular complexity index is 1450. The van der Waals surface area contributed by atoms with Crippen LogP contribution >= 0.6 is 0 Å². The third kappa shape index (κ3) is 5.63. The van der Waals surface area contributed by atoms with Gasteiger partial charge in [-0.2, -0.15) is 0 Å². The van der Waals surface area contributed by atoms with Crippen LogP contribution in [0.15, 0.2) is 113 Å². The van der Waals surface area contributed by atoms with Gasteiger partial charge in [-0.3, -0.25) is 14.3 Å². The molecular formula is C34H37N3O5. The summed E-state index contributed by atoms with van der Waals surface area (Å²) in [5.74, 6) is 0. The molecule has 2 fully saturated rings. The van der Waals surface area contributed by atoms with Gasteiger partial charge < -0.3 is 19.9 Å². The van der Waals surface area contributed by atoms with E-state index in [0.717, 1.165) is 42.4 Å². The predicted octanol–water partition coefficient (Wildman–Crippen LogP) is 4.09. The highest BCUT2D eigenvalue weighted by Crippen LogP contribution is 2.41. The third-order valence-corrected chi connectivity index (χ3v) is 8.54. The average molecular weight is 568 g/mol. The second-order valence-electron chi connectivity index (χ2n) is 11.2. The van der Waals surface area contributed by atoms with Gasteiger partial charge in [-0.15, -0.1) is 0 Å². The van der Waals surface area contributed by atoms with Crippen molar-refractivity contribution in [1.82, 2.24) is 14.9 Å². The zero-order valence-electron chi connectivity index (χ0n) is 23.5. The van der Waals surface area contributed by atoms with Crippen molar-refractivity contribution >= 4 is 0 Å². The number of hydrogen-bond donors (Lipinski definition) is 3. The van der Waals surface area contributed by atoms with Crippen LogP contribution in [0.5, 0.6) is 0 Å². The van der Waals surface area contributed by atoms with Crippen molar-refractivity contribution in [2.75, 3.05) is 6.61 Å². The van der Waals surface area contributed by atoms with Crippen LogP contribution in [-0.4, -0.2) is 45.6 Å². The molecule has 0 bridgehead atoms. The fourth-order valence-electron chi connectivity index (χ4n) is 6.47. The molecule has 0 unspecified atom stereocenters. The molecule has 4 aromatic rings. The molecule has 0 amide bonds. The van der Waals surface area contributed by atoms with Crippen LogP contribution in [-0.2, 0) is 15.1 Å². The molecular weight excluding hydrogens is 530 g/mol. The number of rotatable bonds is 9. The number of aromatic amines is 1. The number of ether oxygens (including phenoxy) is 2. The second-order valence-corrected chi connectivity index (χ2v) is 11.2. The summed E-state index contributed by atoms with van der Waals surface area (Å²) in [4.78, 5) is 26.7. The molecule has 42 heavy (non-hydrogen) atoms. The molecule has 1 aliphatic carbocycles. The van der Waals surface area contributed by atoms with Crippen molar-refractivity contribution < 1.29 is 14.6 Å². The first-order valence-corrected chi connectivity index (χ1v) is 14.8. The van der Waals surface area contributed by atoms with Crippen LogP contribution in [0.25, 0.3) is 0 Å². The second kappa shape index (κ2) is 12.6. The lowest BCUT2D eigenvalue weighted by Crippen LogP contribution is -2.51. The van der Waals surface area contributed by atoms with Crippen molar-refractivity contribution in [2.45, 2.75) is 68.2 Å². The highest BCUT2D eigenvalue weighted by molar-refractivity contribution is 5.47. The maximum atomic E-state index is 12.7. The number of aliphatic hydroxyl groups is 1. The first-order valence-electron chi connectivity index (χ1n) is 14.8. The van der Waals surface area contributed by atoms with Gasteiger partial charge in [0.2, 0.25) is 0 Å². The van der Waals surface area contributed by atoms with E-state index in [2.05, 4.69) is 46.7 Å². The molecule has 0 radical (unpaired) electrons. The van der Waals surface area contributed by atoms with Crippen LogP contribution in [0.3, 0.4) is 0 Å². The molecule has 8 nitrogen and oxygen atoms in total. The largest absolute Gasteiger partial charge is 0.387 e. The summed E-state index contributed by atoms with van der Waals surface area (Å²) in [6.45, 7) is 0.134. The van der Waals surface area contributed by atoms with Crippen LogP contribution < -0.4 is 16.6 Å². The summed E-state index contributed by atoms with van der Waals surface area (Å²) in [6, 6.07) is 31.3. The predicted molar refractivity (Wildman–Crippen MR) is 160 cm³/mol. The van der Waals surface area contributed by atoms with E-state index in [1.165, 1.54) is 23.3 Å². The Kier molecular flexibility index (Phi) is 8.48. The Morgan fingerprint density at radius 1 is 0.833 bits per heavy atom. The Hall–Kier alpha value is -3.82. The van der Waals surface area contributed by atoms with Crippen molar-refractivity contribution in [3.8, 4) is 0 Å². The SMILES string of the molecule is O=c1ccn([C@@H]2O[C@H](COC(c3ccccc3)(c3ccccc3)c3ccccc3)[C@@H](NC3CCCCC3)[C@@H]2O)c(=O)[nH]1. The summed E-state index contributed by atoms with van der Waals surface area (Å²) < 4.78 is 14.7. The highest BCUT2D eigenvalue weighted by atomic mass is 16.6. The molecule has 8 heteroatoms. The van der Waals surface area contributed by atoms with Crippen LogP contribution in [0, 0.1) is 0 Å². The van der Waals surface area contributed by atoms with Gasteiger partial charge in [0, 0.05) is 18.3 Å². The van der Waals surface area contributed by atoms with Crippen molar-refractivity contribution in [1.29, 1.82) is 0 Å². The minimum absolute atomic E-state index is 0.134. The van der Waals surface area contributed by atoms with Gasteiger partial charge in [-0.1, -0.05) is 110 Å². The molecule has 218 valence electrons. The lowest BCUT2D eigenvalue weighted by atomic mass is 9.80. The minimum atomic E-state index is -1.04. The molecule has 1 aromatic heterocycles. The van der Waals surface area contributed by atoms with Crippen molar-refractivity contribution in [3.63, 3.8) is 0 Å². The van der Waals surface area contributed by atoms with E-state index in [1.54, 1.807) is 0 Å². The van der Waals surface area contributed by atoms with Crippen LogP contribution in [0.2, 0.25) is 0 Å². The van der Waals surface area contributed by atoms with E-state index in [-0.39, 0.29) is 12.6 Å². The maximum Gasteiger partial charge on any atom is 0.330 e. The Labute approximate surface area is 245 Å². The van der Waals surface area contributed by atoms with Gasteiger partial charge in [0.1, 0.15) is 17.8 Å². The third-order valence-electron chi connectivity index (χ3n) is 8.54. The van der Waals surface area contributed by atoms with Gasteiger partial charge in [-0.25, -0.2) is 4.79 Å². The Morgan fingerprint density at radius 3 is 1.90 bits per heavy atom. The average Bonchev–Trinajstić information content (AvgIpc) is 3.34. The normalized spacial score (nSPS) is 23.2. The van der Waals surface area contributed by atoms with E-state index in [0.29, 0.717) is 0 Å². The molecule has 6 rings (SSSR count). The fraction of sp³-hybridized carbons (Fsp3) is 0.353. The molecule has 1 saturated carbocycles. The molecule has 2 heterocycles. The van der Waals surface area contributed by atoms with E-state index < -0.39 is 41.3 Å². The maximum absolute atomic E-state index is 12.7. The number of aliphatic hydroxyl groups excluding tert-OH is 1. The molecule has 3 N–H and O–H groups in total. The standard InChI is InChI=1S/C34H37N3O5/c38-29-21-22-37(33(40)36-29)32-31(39)30(35-27-19-11-4-12-20-27)28(42-32)23-41-34(24-13-5-1-6-14-24,25-15-7-2-8-16-25)26-17-9-3-10-18-26/h1-3,5-10,13-18,21-22,27-28,30-32,35,39H,4,11-12,19-20,23H2,(H,36,38,40)/t28-,30-,31+,32-/m1/s1. The first kappa shape index (κ1) is 28.3. The zero-order chi connectivity index (χ0) is 28.9. The van der Waals surface area contributed by atoms with Gasteiger partial charge in [0.05, 0.1) is 12.6 Å². The summed E-state index contributed by atoms with van der Waals surface area (Å²) in [5.41, 5.74) is 0.805. The molecule has 4 atom stereocenters. The van der Waals surface area contributed by atoms with E-state index in [4.69, 9.17) is 9.47 Å². The monoisotopic (exact) mass is 567 g/mol. The zero-order valence-corrected chi connectivity index (χ0v) is 23.5. The number of nitrogens with zero attached hydrogens (tertiary/aromatic N) is 1. The molecule has 2 aliphatic rings. The van der Waals surface area contributed by atoms with Gasteiger partial charge in [-0.05, 0) is 29.5 Å². The summed E-state index contributed by atoms with van der Waals surface area (Å²) in [5, 5.41) is 15.2. The van der Waals surface area contributed by atoms with Gasteiger partial charge in [0.25, 0.3) is 5.56 Å². The van der Waals surface area contributed by atoms with Crippen LogP contribution in [0.1, 0.15) is 55.0 Å². The minimum Gasteiger partial charge on any atom is -0.387 e. The van der Waals surface area contributed by atoms with Gasteiger partial charge >= 0.3 is 5.69 Å². The lowest BCUT2D eigenvalue weighted by molar-refractivity contribution is -0.0892. The van der Waals surface area contributed by atoms with E-state index >= 15 is 0 Å². The number of nitrogens with one attached hydrogen (secondary N) is 2. The lowest BCUT2D eigenvalue weighted by Gasteiger charge is -2.37. The van der Waals surface area contributed by atoms with Crippen molar-refractivity contribution in [2.24, 2.45) is 0 Å². The summed E-state index contributed by atoms with van der Waals surface area (Å²) >= 11 is 0. The fourth-order valence-corrected chi connectivity index (χ4v) is 6.47. The van der Waals surface area contributed by atoms with Crippen molar-refractivity contribution in [3.05, 3.63) is 141 Å². The highest BCUT2D eigenvalue weighted by Gasteiger charge is 2.48. The molecule has 0 spiro atoms. The van der Waals surface area contributed by atoms with Gasteiger partial charge in [0.15, 0.2) is 6.23 Å². The number of aromatic nitrogens is 2. The molecule has 1 aliphatic heterocycles. The van der Waals surface area contributed by atoms with E-state index in [1.807, 2.05) is 54.6 Å². The van der Waals surface area contributed by atoms with E-state index in [9.17, 15) is 14.7 Å². The summed E-state index contributed by atoms with van der Waals surface area (Å²) in [7, 11) is 0. The first-order chi connectivity index (χ1) is 20.6. The van der Waals surface area contributed by atoms with Crippen LogP contribution in [0.4, 0.5) is 0 Å². The summed E-state index contributed by atoms with van der Waals surface area (Å²) in [6.07, 6.45) is 4.27. The number of benzene rings is 3. The number of hydrogen-bond acceptors (Lipinski definition) is 6.